The van der Waals surface area contributed by atoms with Crippen LogP contribution in [0.15, 0.2) is 12.3 Å². The van der Waals surface area contributed by atoms with E-state index in [-0.39, 0.29) is 17.4 Å². The van der Waals surface area contributed by atoms with Gasteiger partial charge in [0.2, 0.25) is 11.8 Å². The average Bonchev–Trinajstić information content (AvgIpc) is 2.52. The van der Waals surface area contributed by atoms with Crippen LogP contribution < -0.4 is 16.0 Å². The first-order chi connectivity index (χ1) is 10.9. The van der Waals surface area contributed by atoms with Gasteiger partial charge in [0.1, 0.15) is 5.82 Å². The standard InChI is InChI=1S/C16H23ClN4O2/c1-10(2)7-20-16(23)11-4-3-5-21(9-11)15-13(17)6-12(8-19-15)14(18)22/h6,8,10-11H,3-5,7,9H2,1-2H3,(H2,18,22)(H,20,23). The van der Waals surface area contributed by atoms with Gasteiger partial charge in [0.15, 0.2) is 0 Å². The minimum Gasteiger partial charge on any atom is -0.366 e. The Balaban J connectivity index is 2.06. The van der Waals surface area contributed by atoms with E-state index in [0.717, 1.165) is 19.4 Å². The number of carbonyl (C=O) groups is 2. The molecule has 1 aromatic heterocycles. The van der Waals surface area contributed by atoms with E-state index in [0.29, 0.717) is 29.8 Å². The van der Waals surface area contributed by atoms with Gasteiger partial charge in [-0.2, -0.15) is 0 Å². The van der Waals surface area contributed by atoms with Gasteiger partial charge in [-0.1, -0.05) is 25.4 Å². The number of carbonyl (C=O) groups excluding carboxylic acids is 2. The Morgan fingerprint density at radius 2 is 2.26 bits per heavy atom. The highest BCUT2D eigenvalue weighted by atomic mass is 35.5. The third kappa shape index (κ3) is 4.58. The molecule has 2 rings (SSSR count). The molecule has 1 unspecified atom stereocenters. The summed E-state index contributed by atoms with van der Waals surface area (Å²) >= 11 is 6.22. The second-order valence-electron chi connectivity index (χ2n) is 6.32. The molecular formula is C16H23ClN4O2. The molecule has 23 heavy (non-hydrogen) atoms. The zero-order valence-electron chi connectivity index (χ0n) is 13.5. The first kappa shape index (κ1) is 17.5. The Morgan fingerprint density at radius 3 is 2.87 bits per heavy atom. The lowest BCUT2D eigenvalue weighted by Gasteiger charge is -2.33. The minimum atomic E-state index is -0.560. The number of nitrogens with two attached hydrogens (primary N) is 1. The van der Waals surface area contributed by atoms with Crippen molar-refractivity contribution in [2.24, 2.45) is 17.6 Å². The molecule has 0 radical (unpaired) electrons. The topological polar surface area (TPSA) is 88.3 Å². The van der Waals surface area contributed by atoms with Gasteiger partial charge in [-0.05, 0) is 24.8 Å². The van der Waals surface area contributed by atoms with E-state index in [2.05, 4.69) is 24.1 Å². The van der Waals surface area contributed by atoms with Gasteiger partial charge in [0.25, 0.3) is 0 Å². The molecule has 0 spiro atoms. The van der Waals surface area contributed by atoms with Gasteiger partial charge in [0, 0.05) is 25.8 Å². The summed E-state index contributed by atoms with van der Waals surface area (Å²) in [5.41, 5.74) is 5.51. The highest BCUT2D eigenvalue weighted by Gasteiger charge is 2.27. The Kier molecular flexibility index (Phi) is 5.82. The van der Waals surface area contributed by atoms with Gasteiger partial charge < -0.3 is 16.0 Å². The fourth-order valence-electron chi connectivity index (χ4n) is 2.63. The number of piperidine rings is 1. The molecular weight excluding hydrogens is 316 g/mol. The summed E-state index contributed by atoms with van der Waals surface area (Å²) in [6.45, 7) is 6.18. The van der Waals surface area contributed by atoms with Crippen LogP contribution in [0.4, 0.5) is 5.82 Å². The number of primary amides is 1. The van der Waals surface area contributed by atoms with Crippen molar-refractivity contribution in [1.29, 1.82) is 0 Å². The van der Waals surface area contributed by atoms with Crippen molar-refractivity contribution >= 4 is 29.2 Å². The summed E-state index contributed by atoms with van der Waals surface area (Å²) in [5.74, 6) is 0.467. The molecule has 2 heterocycles. The molecule has 0 saturated carbocycles. The molecule has 1 fully saturated rings. The van der Waals surface area contributed by atoms with Gasteiger partial charge in [-0.3, -0.25) is 9.59 Å². The molecule has 0 aliphatic carbocycles. The zero-order valence-corrected chi connectivity index (χ0v) is 14.3. The van der Waals surface area contributed by atoms with Crippen LogP contribution in [-0.4, -0.2) is 36.4 Å². The van der Waals surface area contributed by atoms with Crippen molar-refractivity contribution in [2.75, 3.05) is 24.5 Å². The molecule has 1 saturated heterocycles. The minimum absolute atomic E-state index is 0.0730. The molecule has 7 heteroatoms. The Labute approximate surface area is 141 Å². The van der Waals surface area contributed by atoms with Crippen LogP contribution in [0.25, 0.3) is 0 Å². The quantitative estimate of drug-likeness (QED) is 0.857. The average molecular weight is 339 g/mol. The van der Waals surface area contributed by atoms with E-state index in [4.69, 9.17) is 17.3 Å². The van der Waals surface area contributed by atoms with Crippen LogP contribution in [0.1, 0.15) is 37.0 Å². The Hall–Kier alpha value is -1.82. The third-order valence-electron chi connectivity index (χ3n) is 3.88. The number of pyridine rings is 1. The van der Waals surface area contributed by atoms with E-state index in [1.54, 1.807) is 0 Å². The van der Waals surface area contributed by atoms with Gasteiger partial charge >= 0.3 is 0 Å². The van der Waals surface area contributed by atoms with Crippen molar-refractivity contribution in [3.8, 4) is 0 Å². The Bertz CT molecular complexity index is 591. The van der Waals surface area contributed by atoms with Crippen molar-refractivity contribution < 1.29 is 9.59 Å². The summed E-state index contributed by atoms with van der Waals surface area (Å²) in [4.78, 5) is 29.7. The second kappa shape index (κ2) is 7.64. The molecule has 0 aromatic carbocycles. The first-order valence-electron chi connectivity index (χ1n) is 7.86. The maximum atomic E-state index is 12.3. The van der Waals surface area contributed by atoms with Gasteiger partial charge in [0.05, 0.1) is 16.5 Å². The number of rotatable bonds is 5. The molecule has 1 aliphatic rings. The van der Waals surface area contributed by atoms with Crippen LogP contribution in [0.5, 0.6) is 0 Å². The molecule has 2 amide bonds. The highest BCUT2D eigenvalue weighted by molar-refractivity contribution is 6.33. The second-order valence-corrected chi connectivity index (χ2v) is 6.73. The number of aromatic nitrogens is 1. The predicted molar refractivity (Wildman–Crippen MR) is 90.5 cm³/mol. The van der Waals surface area contributed by atoms with Crippen LogP contribution in [0.3, 0.4) is 0 Å². The molecule has 1 aromatic rings. The molecule has 3 N–H and O–H groups in total. The van der Waals surface area contributed by atoms with E-state index in [1.165, 1.54) is 12.3 Å². The highest BCUT2D eigenvalue weighted by Crippen LogP contribution is 2.28. The van der Waals surface area contributed by atoms with E-state index in [9.17, 15) is 9.59 Å². The lowest BCUT2D eigenvalue weighted by molar-refractivity contribution is -0.125. The predicted octanol–water partition coefficient (Wildman–Crippen LogP) is 1.82. The molecule has 126 valence electrons. The summed E-state index contributed by atoms with van der Waals surface area (Å²) in [5, 5.41) is 3.36. The number of nitrogens with zero attached hydrogens (tertiary/aromatic N) is 2. The van der Waals surface area contributed by atoms with Crippen molar-refractivity contribution in [3.63, 3.8) is 0 Å². The van der Waals surface area contributed by atoms with Crippen molar-refractivity contribution in [1.82, 2.24) is 10.3 Å². The number of halogens is 1. The number of amides is 2. The van der Waals surface area contributed by atoms with E-state index < -0.39 is 5.91 Å². The molecule has 0 bridgehead atoms. The number of anilines is 1. The van der Waals surface area contributed by atoms with Crippen LogP contribution in [-0.2, 0) is 4.79 Å². The SMILES string of the molecule is CC(C)CNC(=O)C1CCCN(c2ncc(C(N)=O)cc2Cl)C1. The summed E-state index contributed by atoms with van der Waals surface area (Å²) in [7, 11) is 0. The number of nitrogens with one attached hydrogen (secondary N) is 1. The summed E-state index contributed by atoms with van der Waals surface area (Å²) in [6.07, 6.45) is 3.18. The smallest absolute Gasteiger partial charge is 0.250 e. The lowest BCUT2D eigenvalue weighted by atomic mass is 9.97. The van der Waals surface area contributed by atoms with E-state index in [1.807, 2.05) is 4.90 Å². The summed E-state index contributed by atoms with van der Waals surface area (Å²) in [6, 6.07) is 1.52. The number of hydrogen-bond acceptors (Lipinski definition) is 4. The first-order valence-corrected chi connectivity index (χ1v) is 8.24. The van der Waals surface area contributed by atoms with Crippen molar-refractivity contribution in [3.05, 3.63) is 22.8 Å². The van der Waals surface area contributed by atoms with Gasteiger partial charge in [-0.25, -0.2) is 4.98 Å². The van der Waals surface area contributed by atoms with Crippen molar-refractivity contribution in [2.45, 2.75) is 26.7 Å². The Morgan fingerprint density at radius 1 is 1.52 bits per heavy atom. The fourth-order valence-corrected chi connectivity index (χ4v) is 2.92. The van der Waals surface area contributed by atoms with Crippen LogP contribution in [0.2, 0.25) is 5.02 Å². The normalized spacial score (nSPS) is 18.1. The molecule has 6 nitrogen and oxygen atoms in total. The monoisotopic (exact) mass is 338 g/mol. The van der Waals surface area contributed by atoms with Gasteiger partial charge in [-0.15, -0.1) is 0 Å². The molecule has 1 atom stereocenters. The van der Waals surface area contributed by atoms with E-state index >= 15 is 0 Å². The maximum Gasteiger partial charge on any atom is 0.250 e. The maximum absolute atomic E-state index is 12.3. The van der Waals surface area contributed by atoms with Crippen LogP contribution >= 0.6 is 11.6 Å². The number of hydrogen-bond donors (Lipinski definition) is 2. The third-order valence-corrected chi connectivity index (χ3v) is 4.16. The fraction of sp³-hybridized carbons (Fsp3) is 0.562. The summed E-state index contributed by atoms with van der Waals surface area (Å²) < 4.78 is 0. The molecule has 1 aliphatic heterocycles. The van der Waals surface area contributed by atoms with Crippen LogP contribution in [0, 0.1) is 11.8 Å². The largest absolute Gasteiger partial charge is 0.366 e. The zero-order chi connectivity index (χ0) is 17.0. The lowest BCUT2D eigenvalue weighted by Crippen LogP contribution is -2.44.